The summed E-state index contributed by atoms with van der Waals surface area (Å²) in [5.41, 5.74) is 1.72. The first-order valence-corrected chi connectivity index (χ1v) is 3.39. The molecule has 0 bridgehead atoms. The van der Waals surface area contributed by atoms with E-state index < -0.39 is 0 Å². The maximum absolute atomic E-state index is 4.02. The van der Waals surface area contributed by atoms with E-state index >= 15 is 0 Å². The van der Waals surface area contributed by atoms with Gasteiger partial charge in [-0.1, -0.05) is 26.0 Å². The van der Waals surface area contributed by atoms with Crippen molar-refractivity contribution in [2.24, 2.45) is 5.41 Å². The topological polar surface area (TPSA) is 3.24 Å². The van der Waals surface area contributed by atoms with Crippen molar-refractivity contribution in [1.29, 1.82) is 0 Å². The number of rotatable bonds is 0. The second-order valence-electron chi connectivity index (χ2n) is 3.66. The third-order valence-electron chi connectivity index (χ3n) is 2.08. The van der Waals surface area contributed by atoms with Gasteiger partial charge in [0.1, 0.15) is 0 Å². The van der Waals surface area contributed by atoms with Crippen molar-refractivity contribution in [2.75, 3.05) is 20.1 Å². The fourth-order valence-electron chi connectivity index (χ4n) is 1.38. The summed E-state index contributed by atoms with van der Waals surface area (Å²) in [5.74, 6) is 0. The van der Waals surface area contributed by atoms with Crippen LogP contribution >= 0.6 is 0 Å². The number of nitrogens with zero attached hydrogens (tertiary/aromatic N) is 1. The normalized spacial score (nSPS) is 27.2. The van der Waals surface area contributed by atoms with Crippen LogP contribution in [-0.4, -0.2) is 25.0 Å². The molecule has 1 fully saturated rings. The van der Waals surface area contributed by atoms with Gasteiger partial charge in [0, 0.05) is 13.1 Å². The molecule has 0 radical (unpaired) electrons. The Kier molecular flexibility index (Phi) is 1.39. The number of likely N-dealkylation sites (N-methyl/N-ethyl adjacent to an activating group) is 1. The van der Waals surface area contributed by atoms with Crippen molar-refractivity contribution in [2.45, 2.75) is 13.8 Å². The molecule has 52 valence electrons. The zero-order valence-corrected chi connectivity index (χ0v) is 6.57. The lowest BCUT2D eigenvalue weighted by molar-refractivity contribution is 0.346. The standard InChI is InChI=1S/C8H15N/c1-7-5-9(4)6-8(7,2)3/h1,5-6H2,2-4H3. The summed E-state index contributed by atoms with van der Waals surface area (Å²) >= 11 is 0. The molecule has 1 heterocycles. The molecule has 0 aliphatic carbocycles. The van der Waals surface area contributed by atoms with Crippen molar-refractivity contribution in [1.82, 2.24) is 4.90 Å². The smallest absolute Gasteiger partial charge is 0.0193 e. The second-order valence-corrected chi connectivity index (χ2v) is 3.66. The van der Waals surface area contributed by atoms with Gasteiger partial charge in [-0.15, -0.1) is 0 Å². The van der Waals surface area contributed by atoms with Gasteiger partial charge in [-0.2, -0.15) is 0 Å². The largest absolute Gasteiger partial charge is 0.302 e. The van der Waals surface area contributed by atoms with Crippen LogP contribution in [0.3, 0.4) is 0 Å². The first-order valence-electron chi connectivity index (χ1n) is 3.39. The molecule has 1 nitrogen and oxygen atoms in total. The summed E-state index contributed by atoms with van der Waals surface area (Å²) in [6.45, 7) is 10.7. The maximum Gasteiger partial charge on any atom is 0.0193 e. The van der Waals surface area contributed by atoms with Crippen LogP contribution in [0.1, 0.15) is 13.8 Å². The molecule has 0 amide bonds. The Hall–Kier alpha value is -0.300. The third-order valence-corrected chi connectivity index (χ3v) is 2.08. The average molecular weight is 125 g/mol. The Morgan fingerprint density at radius 1 is 1.56 bits per heavy atom. The minimum Gasteiger partial charge on any atom is -0.302 e. The fourth-order valence-corrected chi connectivity index (χ4v) is 1.38. The van der Waals surface area contributed by atoms with E-state index in [2.05, 4.69) is 32.4 Å². The van der Waals surface area contributed by atoms with Crippen molar-refractivity contribution < 1.29 is 0 Å². The highest BCUT2D eigenvalue weighted by atomic mass is 15.1. The molecule has 1 aliphatic rings. The van der Waals surface area contributed by atoms with Crippen molar-refractivity contribution >= 4 is 0 Å². The molecule has 0 saturated carbocycles. The first-order chi connectivity index (χ1) is 4.02. The lowest BCUT2D eigenvalue weighted by Gasteiger charge is -2.17. The Labute approximate surface area is 57.4 Å². The minimum absolute atomic E-state index is 0.356. The molecule has 1 saturated heterocycles. The van der Waals surface area contributed by atoms with Crippen LogP contribution < -0.4 is 0 Å². The zero-order valence-electron chi connectivity index (χ0n) is 6.57. The number of hydrogen-bond donors (Lipinski definition) is 0. The molecule has 0 aromatic rings. The van der Waals surface area contributed by atoms with Gasteiger partial charge in [0.05, 0.1) is 0 Å². The van der Waals surface area contributed by atoms with E-state index in [1.165, 1.54) is 5.57 Å². The highest BCUT2D eigenvalue weighted by molar-refractivity contribution is 5.14. The number of likely N-dealkylation sites (tertiary alicyclic amines) is 1. The van der Waals surface area contributed by atoms with Gasteiger partial charge in [-0.25, -0.2) is 0 Å². The SMILES string of the molecule is C=C1CN(C)CC1(C)C. The summed E-state index contributed by atoms with van der Waals surface area (Å²) in [5, 5.41) is 0. The van der Waals surface area contributed by atoms with Crippen molar-refractivity contribution in [3.63, 3.8) is 0 Å². The molecule has 0 atom stereocenters. The predicted molar refractivity (Wildman–Crippen MR) is 40.4 cm³/mol. The highest BCUT2D eigenvalue weighted by Gasteiger charge is 2.30. The summed E-state index contributed by atoms with van der Waals surface area (Å²) in [4.78, 5) is 2.31. The highest BCUT2D eigenvalue weighted by Crippen LogP contribution is 2.31. The lowest BCUT2D eigenvalue weighted by Crippen LogP contribution is -2.18. The first kappa shape index (κ1) is 6.81. The van der Waals surface area contributed by atoms with Crippen LogP contribution in [0, 0.1) is 5.41 Å². The van der Waals surface area contributed by atoms with E-state index in [4.69, 9.17) is 0 Å². The van der Waals surface area contributed by atoms with Crippen LogP contribution in [-0.2, 0) is 0 Å². The molecule has 1 aliphatic heterocycles. The van der Waals surface area contributed by atoms with Crippen LogP contribution in [0.4, 0.5) is 0 Å². The molecular weight excluding hydrogens is 110 g/mol. The van der Waals surface area contributed by atoms with E-state index in [9.17, 15) is 0 Å². The van der Waals surface area contributed by atoms with Gasteiger partial charge in [-0.05, 0) is 12.5 Å². The van der Waals surface area contributed by atoms with Gasteiger partial charge in [-0.3, -0.25) is 0 Å². The van der Waals surface area contributed by atoms with E-state index in [-0.39, 0.29) is 0 Å². The minimum atomic E-state index is 0.356. The van der Waals surface area contributed by atoms with E-state index in [1.54, 1.807) is 0 Å². The second kappa shape index (κ2) is 1.84. The molecular formula is C8H15N. The monoisotopic (exact) mass is 125 g/mol. The van der Waals surface area contributed by atoms with E-state index in [0.717, 1.165) is 13.1 Å². The molecule has 1 rings (SSSR count). The van der Waals surface area contributed by atoms with Crippen LogP contribution in [0.2, 0.25) is 0 Å². The number of hydrogen-bond acceptors (Lipinski definition) is 1. The summed E-state index contributed by atoms with van der Waals surface area (Å²) in [6, 6.07) is 0. The Balaban J connectivity index is 2.70. The van der Waals surface area contributed by atoms with Gasteiger partial charge in [0.15, 0.2) is 0 Å². The van der Waals surface area contributed by atoms with Crippen molar-refractivity contribution in [3.05, 3.63) is 12.2 Å². The Bertz CT molecular complexity index is 136. The maximum atomic E-state index is 4.02. The third kappa shape index (κ3) is 1.16. The van der Waals surface area contributed by atoms with E-state index in [1.807, 2.05) is 0 Å². The lowest BCUT2D eigenvalue weighted by atomic mass is 9.89. The van der Waals surface area contributed by atoms with Gasteiger partial charge in [0.25, 0.3) is 0 Å². The Morgan fingerprint density at radius 3 is 2.22 bits per heavy atom. The fraction of sp³-hybridized carbons (Fsp3) is 0.750. The van der Waals surface area contributed by atoms with Crippen LogP contribution in [0.15, 0.2) is 12.2 Å². The quantitative estimate of drug-likeness (QED) is 0.444. The molecule has 9 heavy (non-hydrogen) atoms. The molecule has 0 aromatic heterocycles. The Morgan fingerprint density at radius 2 is 2.11 bits per heavy atom. The van der Waals surface area contributed by atoms with Gasteiger partial charge < -0.3 is 4.90 Å². The van der Waals surface area contributed by atoms with Crippen LogP contribution in [0.5, 0.6) is 0 Å². The zero-order chi connectivity index (χ0) is 7.07. The average Bonchev–Trinajstić information content (AvgIpc) is 1.79. The molecule has 0 spiro atoms. The van der Waals surface area contributed by atoms with Gasteiger partial charge in [0.2, 0.25) is 0 Å². The summed E-state index contributed by atoms with van der Waals surface area (Å²) in [6.07, 6.45) is 0. The van der Waals surface area contributed by atoms with E-state index in [0.29, 0.717) is 5.41 Å². The predicted octanol–water partition coefficient (Wildman–Crippen LogP) is 1.51. The van der Waals surface area contributed by atoms with Crippen LogP contribution in [0.25, 0.3) is 0 Å². The molecule has 0 unspecified atom stereocenters. The summed E-state index contributed by atoms with van der Waals surface area (Å²) in [7, 11) is 2.14. The molecule has 0 aromatic carbocycles. The molecule has 0 N–H and O–H groups in total. The summed E-state index contributed by atoms with van der Waals surface area (Å²) < 4.78 is 0. The van der Waals surface area contributed by atoms with Gasteiger partial charge >= 0.3 is 0 Å². The van der Waals surface area contributed by atoms with Crippen molar-refractivity contribution in [3.8, 4) is 0 Å². The molecule has 1 heteroatoms.